The van der Waals surface area contributed by atoms with Crippen LogP contribution in [0.25, 0.3) is 10.9 Å². The predicted octanol–water partition coefficient (Wildman–Crippen LogP) is 3.57. The molecular formula is C24H23FN4O3. The van der Waals surface area contributed by atoms with Crippen molar-refractivity contribution < 1.29 is 13.9 Å². The second kappa shape index (κ2) is 9.05. The molecule has 4 rings (SSSR count). The standard InChI is InChI=1S/C24H23FN4O3/c1-14(32-18-7-5-6-17(25)11-18)24(31)29-21(22-12-23(30)28-15(2)27-22)10-16-13-26-20-9-4-3-8-19(16)20/h3-9,11-14,21,26H,10H2,1-2H3,(H,29,31)(H,27,28,30)/t14-,21+/m1/s1. The molecule has 2 aromatic heterocycles. The van der Waals surface area contributed by atoms with Gasteiger partial charge in [-0.05, 0) is 37.6 Å². The van der Waals surface area contributed by atoms with E-state index >= 15 is 0 Å². The minimum Gasteiger partial charge on any atom is -0.481 e. The van der Waals surface area contributed by atoms with E-state index in [4.69, 9.17) is 4.74 Å². The summed E-state index contributed by atoms with van der Waals surface area (Å²) in [6.07, 6.45) is 1.42. The van der Waals surface area contributed by atoms with Gasteiger partial charge >= 0.3 is 0 Å². The van der Waals surface area contributed by atoms with E-state index in [-0.39, 0.29) is 11.3 Å². The molecule has 8 heteroatoms. The molecule has 0 spiro atoms. The average Bonchev–Trinajstić information content (AvgIpc) is 3.15. The molecule has 3 N–H and O–H groups in total. The van der Waals surface area contributed by atoms with Crippen molar-refractivity contribution >= 4 is 16.8 Å². The van der Waals surface area contributed by atoms with Crippen molar-refractivity contribution in [2.75, 3.05) is 0 Å². The molecule has 7 nitrogen and oxygen atoms in total. The molecule has 0 radical (unpaired) electrons. The van der Waals surface area contributed by atoms with Gasteiger partial charge < -0.3 is 20.0 Å². The number of H-pyrrole nitrogens is 2. The molecular weight excluding hydrogens is 411 g/mol. The quantitative estimate of drug-likeness (QED) is 0.414. The van der Waals surface area contributed by atoms with Gasteiger partial charge in [0.25, 0.3) is 11.5 Å². The predicted molar refractivity (Wildman–Crippen MR) is 119 cm³/mol. The number of nitrogens with zero attached hydrogens (tertiary/aromatic N) is 1. The maximum atomic E-state index is 13.4. The zero-order chi connectivity index (χ0) is 22.7. The molecule has 0 aliphatic rings. The Hall–Kier alpha value is -3.94. The molecule has 164 valence electrons. The summed E-state index contributed by atoms with van der Waals surface area (Å²) in [5, 5.41) is 3.96. The van der Waals surface area contributed by atoms with Crippen molar-refractivity contribution in [2.24, 2.45) is 0 Å². The number of fused-ring (bicyclic) bond motifs is 1. The maximum Gasteiger partial charge on any atom is 0.261 e. The number of aromatic nitrogens is 3. The highest BCUT2D eigenvalue weighted by Crippen LogP contribution is 2.24. The largest absolute Gasteiger partial charge is 0.481 e. The van der Waals surface area contributed by atoms with Gasteiger partial charge in [0, 0.05) is 35.7 Å². The first-order chi connectivity index (χ1) is 15.4. The Balaban J connectivity index is 1.60. The van der Waals surface area contributed by atoms with E-state index in [2.05, 4.69) is 20.3 Å². The smallest absolute Gasteiger partial charge is 0.261 e. The number of aryl methyl sites for hydroxylation is 1. The van der Waals surface area contributed by atoms with Gasteiger partial charge in [-0.3, -0.25) is 9.59 Å². The van der Waals surface area contributed by atoms with Crippen LogP contribution < -0.4 is 15.6 Å². The van der Waals surface area contributed by atoms with Gasteiger partial charge in [-0.25, -0.2) is 9.37 Å². The van der Waals surface area contributed by atoms with E-state index in [0.29, 0.717) is 17.9 Å². The third-order valence-electron chi connectivity index (χ3n) is 5.13. The zero-order valence-electron chi connectivity index (χ0n) is 17.7. The molecule has 0 aliphatic carbocycles. The topological polar surface area (TPSA) is 99.9 Å². The van der Waals surface area contributed by atoms with Gasteiger partial charge in [-0.2, -0.15) is 0 Å². The maximum absolute atomic E-state index is 13.4. The first-order valence-corrected chi connectivity index (χ1v) is 10.2. The Morgan fingerprint density at radius 3 is 2.78 bits per heavy atom. The molecule has 4 aromatic rings. The molecule has 0 bridgehead atoms. The number of benzene rings is 2. The molecule has 0 saturated heterocycles. The lowest BCUT2D eigenvalue weighted by Gasteiger charge is -2.21. The average molecular weight is 434 g/mol. The summed E-state index contributed by atoms with van der Waals surface area (Å²) in [7, 11) is 0. The van der Waals surface area contributed by atoms with Crippen LogP contribution in [0, 0.1) is 12.7 Å². The number of carbonyl (C=O) groups is 1. The summed E-state index contributed by atoms with van der Waals surface area (Å²) in [6.45, 7) is 3.27. The number of para-hydroxylation sites is 1. The minimum atomic E-state index is -0.884. The van der Waals surface area contributed by atoms with Crippen LogP contribution in [0.5, 0.6) is 5.75 Å². The zero-order valence-corrected chi connectivity index (χ0v) is 17.7. The fraction of sp³-hybridized carbons (Fsp3) is 0.208. The van der Waals surface area contributed by atoms with Crippen molar-refractivity contribution in [2.45, 2.75) is 32.4 Å². The molecule has 2 atom stereocenters. The van der Waals surface area contributed by atoms with E-state index in [9.17, 15) is 14.0 Å². The Labute approximate surface area is 183 Å². The lowest BCUT2D eigenvalue weighted by Crippen LogP contribution is -2.40. The third-order valence-corrected chi connectivity index (χ3v) is 5.13. The third kappa shape index (κ3) is 4.85. The summed E-state index contributed by atoms with van der Waals surface area (Å²) >= 11 is 0. The molecule has 32 heavy (non-hydrogen) atoms. The van der Waals surface area contributed by atoms with Crippen molar-refractivity contribution in [3.63, 3.8) is 0 Å². The number of rotatable bonds is 7. The SMILES string of the molecule is Cc1nc([C@H](Cc2c[nH]c3ccccc23)NC(=O)[C@@H](C)Oc2cccc(F)c2)cc(=O)[nH]1. The Morgan fingerprint density at radius 1 is 1.19 bits per heavy atom. The summed E-state index contributed by atoms with van der Waals surface area (Å²) in [6, 6.07) is 14.3. The number of carbonyl (C=O) groups excluding carboxylic acids is 1. The second-order valence-electron chi connectivity index (χ2n) is 7.60. The van der Waals surface area contributed by atoms with E-state index in [1.807, 2.05) is 30.5 Å². The number of hydrogen-bond acceptors (Lipinski definition) is 4. The monoisotopic (exact) mass is 434 g/mol. The lowest BCUT2D eigenvalue weighted by atomic mass is 10.0. The van der Waals surface area contributed by atoms with Crippen molar-refractivity contribution in [1.29, 1.82) is 0 Å². The molecule has 0 unspecified atom stereocenters. The number of hydrogen-bond donors (Lipinski definition) is 3. The van der Waals surface area contributed by atoms with Crippen LogP contribution >= 0.6 is 0 Å². The van der Waals surface area contributed by atoms with Crippen LogP contribution in [-0.2, 0) is 11.2 Å². The molecule has 1 amide bonds. The molecule has 0 fully saturated rings. The highest BCUT2D eigenvalue weighted by molar-refractivity contribution is 5.84. The van der Waals surface area contributed by atoms with Crippen molar-refractivity contribution in [3.8, 4) is 5.75 Å². The van der Waals surface area contributed by atoms with Gasteiger partial charge in [0.15, 0.2) is 6.10 Å². The van der Waals surface area contributed by atoms with Crippen LogP contribution in [0.2, 0.25) is 0 Å². The van der Waals surface area contributed by atoms with E-state index in [1.165, 1.54) is 24.3 Å². The fourth-order valence-corrected chi connectivity index (χ4v) is 3.62. The summed E-state index contributed by atoms with van der Waals surface area (Å²) < 4.78 is 19.0. The highest BCUT2D eigenvalue weighted by atomic mass is 19.1. The van der Waals surface area contributed by atoms with E-state index in [1.54, 1.807) is 19.9 Å². The Bertz CT molecular complexity index is 1310. The van der Waals surface area contributed by atoms with Gasteiger partial charge in [0.2, 0.25) is 0 Å². The molecule has 2 heterocycles. The van der Waals surface area contributed by atoms with Gasteiger partial charge in [0.05, 0.1) is 11.7 Å². The van der Waals surface area contributed by atoms with Gasteiger partial charge in [-0.15, -0.1) is 0 Å². The van der Waals surface area contributed by atoms with Crippen LogP contribution in [0.4, 0.5) is 4.39 Å². The van der Waals surface area contributed by atoms with Gasteiger partial charge in [0.1, 0.15) is 17.4 Å². The normalized spacial score (nSPS) is 13.0. The minimum absolute atomic E-state index is 0.256. The van der Waals surface area contributed by atoms with Crippen LogP contribution in [0.3, 0.4) is 0 Å². The summed E-state index contributed by atoms with van der Waals surface area (Å²) in [5.41, 5.74) is 2.10. The van der Waals surface area contributed by atoms with E-state index in [0.717, 1.165) is 16.5 Å². The molecule has 2 aromatic carbocycles. The summed E-state index contributed by atoms with van der Waals surface area (Å²) in [4.78, 5) is 35.2. The first kappa shape index (κ1) is 21.3. The number of aromatic amines is 2. The number of nitrogens with one attached hydrogen (secondary N) is 3. The van der Waals surface area contributed by atoms with Crippen LogP contribution in [0.15, 0.2) is 65.6 Å². The molecule has 0 saturated carbocycles. The van der Waals surface area contributed by atoms with E-state index < -0.39 is 23.9 Å². The van der Waals surface area contributed by atoms with Gasteiger partial charge in [-0.1, -0.05) is 24.3 Å². The summed E-state index contributed by atoms with van der Waals surface area (Å²) in [5.74, 6) is -0.143. The number of halogens is 1. The fourth-order valence-electron chi connectivity index (χ4n) is 3.62. The first-order valence-electron chi connectivity index (χ1n) is 10.2. The van der Waals surface area contributed by atoms with Crippen LogP contribution in [0.1, 0.15) is 30.0 Å². The Kier molecular flexibility index (Phi) is 6.02. The van der Waals surface area contributed by atoms with Crippen LogP contribution in [-0.4, -0.2) is 27.0 Å². The van der Waals surface area contributed by atoms with Crippen molar-refractivity contribution in [1.82, 2.24) is 20.3 Å². The number of ether oxygens (including phenoxy) is 1. The Morgan fingerprint density at radius 2 is 2.00 bits per heavy atom. The highest BCUT2D eigenvalue weighted by Gasteiger charge is 2.23. The molecule has 0 aliphatic heterocycles. The number of amides is 1. The second-order valence-corrected chi connectivity index (χ2v) is 7.60. The van der Waals surface area contributed by atoms with Crippen molar-refractivity contribution in [3.05, 3.63) is 94.0 Å². The lowest BCUT2D eigenvalue weighted by molar-refractivity contribution is -0.128.